The number of aromatic nitrogens is 2. The molecule has 4 nitrogen and oxygen atoms in total. The van der Waals surface area contributed by atoms with Gasteiger partial charge in [-0.1, -0.05) is 57.9 Å². The number of nitrogens with two attached hydrogens (primary N) is 1. The molecule has 0 fully saturated rings. The maximum atomic E-state index is 12.5. The van der Waals surface area contributed by atoms with Crippen LogP contribution >= 0.6 is 15.9 Å². The lowest BCUT2D eigenvalue weighted by atomic mass is 10.1. The van der Waals surface area contributed by atoms with Crippen LogP contribution in [0.4, 0.5) is 5.95 Å². The molecular formula is C19H19BrN3O+. The first-order valence-corrected chi connectivity index (χ1v) is 8.45. The number of nitrogen functional groups attached to an aromatic ring is 1. The number of halogens is 1. The van der Waals surface area contributed by atoms with E-state index in [-0.39, 0.29) is 12.3 Å². The summed E-state index contributed by atoms with van der Waals surface area (Å²) in [6.45, 7) is 2.27. The van der Waals surface area contributed by atoms with Crippen LogP contribution in [0.1, 0.15) is 15.9 Å². The molecule has 0 bridgehead atoms. The van der Waals surface area contributed by atoms with Crippen LogP contribution in [-0.4, -0.2) is 10.4 Å². The van der Waals surface area contributed by atoms with Crippen LogP contribution in [0.25, 0.3) is 11.3 Å². The fourth-order valence-electron chi connectivity index (χ4n) is 2.62. The number of Topliss-reactive ketones (excluding diaryl/α,β-unsaturated/α-hetero) is 1. The number of hydrogen-bond acceptors (Lipinski definition) is 2. The summed E-state index contributed by atoms with van der Waals surface area (Å²) in [6, 6.07) is 15.6. The molecule has 0 aliphatic rings. The lowest BCUT2D eigenvalue weighted by Gasteiger charge is -2.00. The van der Waals surface area contributed by atoms with Crippen molar-refractivity contribution in [2.45, 2.75) is 13.5 Å². The predicted octanol–water partition coefficient (Wildman–Crippen LogP) is 3.52. The Kier molecular flexibility index (Phi) is 4.53. The molecule has 5 heteroatoms. The summed E-state index contributed by atoms with van der Waals surface area (Å²) in [4.78, 5) is 12.5. The third-order valence-corrected chi connectivity index (χ3v) is 4.63. The highest BCUT2D eigenvalue weighted by atomic mass is 79.9. The molecule has 0 saturated heterocycles. The molecule has 0 atom stereocenters. The van der Waals surface area contributed by atoms with Crippen LogP contribution in [0.3, 0.4) is 0 Å². The largest absolute Gasteiger partial charge is 0.355 e. The normalized spacial score (nSPS) is 10.8. The van der Waals surface area contributed by atoms with Crippen LogP contribution in [0, 0.1) is 6.92 Å². The quantitative estimate of drug-likeness (QED) is 0.552. The van der Waals surface area contributed by atoms with Gasteiger partial charge in [0.25, 0.3) is 0 Å². The molecule has 2 N–H and O–H groups in total. The molecule has 0 amide bonds. The van der Waals surface area contributed by atoms with E-state index in [4.69, 9.17) is 5.73 Å². The first-order valence-electron chi connectivity index (χ1n) is 7.66. The summed E-state index contributed by atoms with van der Waals surface area (Å²) < 4.78 is 4.65. The third-order valence-electron chi connectivity index (χ3n) is 4.10. The third kappa shape index (κ3) is 3.26. The Labute approximate surface area is 149 Å². The molecule has 1 heterocycles. The molecule has 0 aliphatic heterocycles. The molecule has 0 unspecified atom stereocenters. The van der Waals surface area contributed by atoms with Crippen molar-refractivity contribution in [2.24, 2.45) is 7.05 Å². The van der Waals surface area contributed by atoms with Crippen molar-refractivity contribution in [1.29, 1.82) is 0 Å². The molecule has 24 heavy (non-hydrogen) atoms. The highest BCUT2D eigenvalue weighted by molar-refractivity contribution is 9.10. The van der Waals surface area contributed by atoms with Gasteiger partial charge in [0.15, 0.2) is 5.78 Å². The second-order valence-corrected chi connectivity index (χ2v) is 6.77. The van der Waals surface area contributed by atoms with Crippen LogP contribution in [0.15, 0.2) is 59.2 Å². The summed E-state index contributed by atoms with van der Waals surface area (Å²) in [7, 11) is 1.91. The Morgan fingerprint density at radius 2 is 1.75 bits per heavy atom. The number of benzene rings is 2. The maximum Gasteiger partial charge on any atom is 0.355 e. The van der Waals surface area contributed by atoms with Crippen molar-refractivity contribution < 1.29 is 9.36 Å². The van der Waals surface area contributed by atoms with Crippen LogP contribution in [0.2, 0.25) is 0 Å². The van der Waals surface area contributed by atoms with E-state index in [0.717, 1.165) is 15.7 Å². The maximum absolute atomic E-state index is 12.5. The van der Waals surface area contributed by atoms with Crippen molar-refractivity contribution in [1.82, 2.24) is 4.57 Å². The fraction of sp³-hybridized carbons (Fsp3) is 0.158. The molecular weight excluding hydrogens is 366 g/mol. The summed E-state index contributed by atoms with van der Waals surface area (Å²) >= 11 is 3.38. The van der Waals surface area contributed by atoms with Crippen molar-refractivity contribution >= 4 is 27.7 Å². The highest BCUT2D eigenvalue weighted by Gasteiger charge is 2.20. The Morgan fingerprint density at radius 3 is 2.38 bits per heavy atom. The molecule has 0 aliphatic carbocycles. The Morgan fingerprint density at radius 1 is 1.12 bits per heavy atom. The first kappa shape index (κ1) is 16.5. The van der Waals surface area contributed by atoms with Gasteiger partial charge in [-0.3, -0.25) is 10.5 Å². The zero-order valence-corrected chi connectivity index (χ0v) is 15.2. The predicted molar refractivity (Wildman–Crippen MR) is 98.7 cm³/mol. The molecule has 3 rings (SSSR count). The lowest BCUT2D eigenvalue weighted by Crippen LogP contribution is -2.39. The molecule has 3 aromatic rings. The number of anilines is 1. The van der Waals surface area contributed by atoms with Gasteiger partial charge >= 0.3 is 5.95 Å². The van der Waals surface area contributed by atoms with Gasteiger partial charge in [0, 0.05) is 15.6 Å². The van der Waals surface area contributed by atoms with E-state index in [1.54, 1.807) is 4.57 Å². The second-order valence-electron chi connectivity index (χ2n) is 5.86. The van der Waals surface area contributed by atoms with E-state index in [9.17, 15) is 4.79 Å². The van der Waals surface area contributed by atoms with Crippen LogP contribution in [0.5, 0.6) is 0 Å². The van der Waals surface area contributed by atoms with E-state index in [0.29, 0.717) is 11.5 Å². The summed E-state index contributed by atoms with van der Waals surface area (Å²) in [5.41, 5.74) is 10.1. The van der Waals surface area contributed by atoms with E-state index >= 15 is 0 Å². The Bertz CT molecular complexity index is 880. The second kappa shape index (κ2) is 6.61. The number of nitrogens with zero attached hydrogens (tertiary/aromatic N) is 2. The van der Waals surface area contributed by atoms with E-state index in [1.807, 2.05) is 42.1 Å². The Hall–Kier alpha value is -2.40. The van der Waals surface area contributed by atoms with Crippen molar-refractivity contribution in [3.8, 4) is 11.3 Å². The SMILES string of the molecule is Cc1ccc(-c2c[n+](CC(=O)c3ccc(Br)cc3)c(N)n2C)cc1. The van der Waals surface area contributed by atoms with Gasteiger partial charge in [0.05, 0.1) is 7.05 Å². The first-order chi connectivity index (χ1) is 11.5. The van der Waals surface area contributed by atoms with Crippen LogP contribution < -0.4 is 10.3 Å². The number of hydrogen-bond donors (Lipinski definition) is 1. The van der Waals surface area contributed by atoms with Crippen molar-refractivity contribution in [3.05, 3.63) is 70.3 Å². The van der Waals surface area contributed by atoms with E-state index < -0.39 is 0 Å². The topological polar surface area (TPSA) is 51.9 Å². The number of carbonyl (C=O) groups is 1. The molecule has 2 aromatic carbocycles. The average Bonchev–Trinajstić information content (AvgIpc) is 2.85. The molecule has 0 radical (unpaired) electrons. The molecule has 0 spiro atoms. The van der Waals surface area contributed by atoms with Gasteiger partial charge in [-0.05, 0) is 19.1 Å². The smallest absolute Gasteiger partial charge is 0.291 e. The van der Waals surface area contributed by atoms with E-state index in [1.165, 1.54) is 5.56 Å². The minimum absolute atomic E-state index is 0.0280. The number of aryl methyl sites for hydroxylation is 1. The Balaban J connectivity index is 1.89. The number of carbonyl (C=O) groups excluding carboxylic acids is 1. The van der Waals surface area contributed by atoms with E-state index in [2.05, 4.69) is 47.1 Å². The summed E-state index contributed by atoms with van der Waals surface area (Å²) in [5, 5.41) is 0. The minimum Gasteiger partial charge on any atom is -0.291 e. The highest BCUT2D eigenvalue weighted by Crippen LogP contribution is 2.20. The zero-order chi connectivity index (χ0) is 17.3. The number of imidazole rings is 1. The minimum atomic E-state index is 0.0280. The van der Waals surface area contributed by atoms with Gasteiger partial charge in [-0.2, -0.15) is 0 Å². The summed E-state index contributed by atoms with van der Waals surface area (Å²) in [6.07, 6.45) is 1.93. The van der Waals surface area contributed by atoms with Crippen molar-refractivity contribution in [2.75, 3.05) is 5.73 Å². The molecule has 0 saturated carbocycles. The monoisotopic (exact) mass is 384 g/mol. The van der Waals surface area contributed by atoms with Gasteiger partial charge in [-0.25, -0.2) is 9.13 Å². The number of ketones is 1. The van der Waals surface area contributed by atoms with Crippen molar-refractivity contribution in [3.63, 3.8) is 0 Å². The zero-order valence-electron chi connectivity index (χ0n) is 13.7. The molecule has 122 valence electrons. The van der Waals surface area contributed by atoms with Crippen LogP contribution in [-0.2, 0) is 13.6 Å². The van der Waals surface area contributed by atoms with Gasteiger partial charge in [-0.15, -0.1) is 0 Å². The van der Waals surface area contributed by atoms with Gasteiger partial charge < -0.3 is 0 Å². The average molecular weight is 385 g/mol. The molecule has 1 aromatic heterocycles. The fourth-order valence-corrected chi connectivity index (χ4v) is 2.88. The summed E-state index contributed by atoms with van der Waals surface area (Å²) in [5.74, 6) is 0.580. The van der Waals surface area contributed by atoms with Gasteiger partial charge in [0.1, 0.15) is 18.4 Å². The van der Waals surface area contributed by atoms with Gasteiger partial charge in [0.2, 0.25) is 0 Å². The lowest BCUT2D eigenvalue weighted by molar-refractivity contribution is -0.667. The number of rotatable bonds is 4. The standard InChI is InChI=1S/C19H18BrN3O/c1-13-3-5-14(6-4-13)17-11-23(19(21)22(17)2)12-18(24)15-7-9-16(20)10-8-15/h3-11,21H,12H2,1-2H3/p+1.